The lowest BCUT2D eigenvalue weighted by atomic mass is 9.84. The molecule has 4 N–H and O–H groups in total. The van der Waals surface area contributed by atoms with Crippen molar-refractivity contribution in [2.24, 2.45) is 0 Å². The van der Waals surface area contributed by atoms with Crippen molar-refractivity contribution in [3.63, 3.8) is 0 Å². The summed E-state index contributed by atoms with van der Waals surface area (Å²) in [5.41, 5.74) is 1.03. The Hall–Kier alpha value is -2.62. The molecule has 5 atom stereocenters. The number of aliphatic hydroxyl groups is 4. The number of carbonyl (C=O) groups is 2. The lowest BCUT2D eigenvalue weighted by molar-refractivity contribution is -0.277. The van der Waals surface area contributed by atoms with Crippen molar-refractivity contribution in [3.05, 3.63) is 64.7 Å². The summed E-state index contributed by atoms with van der Waals surface area (Å²) in [4.78, 5) is 25.4. The highest BCUT2D eigenvalue weighted by Crippen LogP contribution is 2.31. The van der Waals surface area contributed by atoms with Crippen molar-refractivity contribution >= 4 is 11.6 Å². The van der Waals surface area contributed by atoms with Crippen LogP contribution < -0.4 is 4.74 Å². The Morgan fingerprint density at radius 3 is 2.07 bits per heavy atom. The molecular weight excluding hydrogens is 368 g/mol. The molecule has 146 valence electrons. The standard InChI is InChI=1S/C20H18O8/c21-8-14-17(24)18(25)19(26)20(28-14)27-9-5-6-12-13(7-9)16(23)11-4-2-1-3-10(11)15(12)22/h1-7,14,17-21,24-26H,8H2/t14-,17-,18+,19-,20-/m1/s1. The van der Waals surface area contributed by atoms with E-state index in [-0.39, 0.29) is 28.4 Å². The Kier molecular flexibility index (Phi) is 4.74. The summed E-state index contributed by atoms with van der Waals surface area (Å²) in [5, 5.41) is 39.0. The normalized spacial score (nSPS) is 29.2. The molecule has 1 fully saturated rings. The molecule has 0 bridgehead atoms. The van der Waals surface area contributed by atoms with Gasteiger partial charge < -0.3 is 29.9 Å². The van der Waals surface area contributed by atoms with Crippen LogP contribution in [-0.2, 0) is 4.74 Å². The number of fused-ring (bicyclic) bond motifs is 2. The van der Waals surface area contributed by atoms with Crippen molar-refractivity contribution in [2.45, 2.75) is 30.7 Å². The minimum Gasteiger partial charge on any atom is -0.462 e. The molecule has 1 aliphatic carbocycles. The first-order valence-corrected chi connectivity index (χ1v) is 8.72. The molecule has 0 aromatic heterocycles. The molecule has 0 amide bonds. The second kappa shape index (κ2) is 7.08. The van der Waals surface area contributed by atoms with Crippen LogP contribution in [-0.4, -0.2) is 69.3 Å². The molecule has 0 saturated carbocycles. The van der Waals surface area contributed by atoms with E-state index in [1.807, 2.05) is 0 Å². The number of hydrogen-bond acceptors (Lipinski definition) is 8. The van der Waals surface area contributed by atoms with Gasteiger partial charge in [0.1, 0.15) is 30.2 Å². The third-order valence-corrected chi connectivity index (χ3v) is 5.00. The molecule has 0 spiro atoms. The third kappa shape index (κ3) is 2.92. The predicted molar refractivity (Wildman–Crippen MR) is 94.1 cm³/mol. The van der Waals surface area contributed by atoms with E-state index in [1.54, 1.807) is 24.3 Å². The Bertz CT molecular complexity index is 938. The Balaban J connectivity index is 1.63. The lowest BCUT2D eigenvalue weighted by Crippen LogP contribution is -2.60. The van der Waals surface area contributed by atoms with Gasteiger partial charge in [0, 0.05) is 22.3 Å². The number of hydrogen-bond donors (Lipinski definition) is 4. The first-order chi connectivity index (χ1) is 13.4. The van der Waals surface area contributed by atoms with Crippen LogP contribution in [0.2, 0.25) is 0 Å². The molecule has 0 unspecified atom stereocenters. The summed E-state index contributed by atoms with van der Waals surface area (Å²) < 4.78 is 10.8. The van der Waals surface area contributed by atoms with Crippen LogP contribution in [0.1, 0.15) is 31.8 Å². The fraction of sp³-hybridized carbons (Fsp3) is 0.300. The fourth-order valence-corrected chi connectivity index (χ4v) is 3.45. The zero-order valence-electron chi connectivity index (χ0n) is 14.6. The van der Waals surface area contributed by atoms with Crippen LogP contribution in [0.15, 0.2) is 42.5 Å². The van der Waals surface area contributed by atoms with E-state index >= 15 is 0 Å². The fourth-order valence-electron chi connectivity index (χ4n) is 3.45. The quantitative estimate of drug-likeness (QED) is 0.480. The van der Waals surface area contributed by atoms with Crippen molar-refractivity contribution in [1.29, 1.82) is 0 Å². The summed E-state index contributed by atoms with van der Waals surface area (Å²) >= 11 is 0. The van der Waals surface area contributed by atoms with Crippen LogP contribution in [0.3, 0.4) is 0 Å². The molecule has 8 nitrogen and oxygen atoms in total. The van der Waals surface area contributed by atoms with Gasteiger partial charge in [0.25, 0.3) is 0 Å². The van der Waals surface area contributed by atoms with Crippen LogP contribution in [0, 0.1) is 0 Å². The zero-order valence-corrected chi connectivity index (χ0v) is 14.6. The summed E-state index contributed by atoms with van der Waals surface area (Å²) in [6, 6.07) is 10.8. The van der Waals surface area contributed by atoms with Gasteiger partial charge in [0.2, 0.25) is 6.29 Å². The van der Waals surface area contributed by atoms with E-state index in [4.69, 9.17) is 9.47 Å². The van der Waals surface area contributed by atoms with Gasteiger partial charge in [-0.15, -0.1) is 0 Å². The van der Waals surface area contributed by atoms with Crippen molar-refractivity contribution in [3.8, 4) is 5.75 Å². The number of aliphatic hydroxyl groups excluding tert-OH is 4. The van der Waals surface area contributed by atoms with Crippen molar-refractivity contribution in [1.82, 2.24) is 0 Å². The SMILES string of the molecule is O=C1c2ccccc2C(=O)c2cc(O[C@@H]3O[C@H](CO)[C@@H](O)[C@H](O)[C@H]3O)ccc21. The number of benzene rings is 2. The molecule has 1 saturated heterocycles. The van der Waals surface area contributed by atoms with Crippen LogP contribution in [0.5, 0.6) is 5.75 Å². The molecule has 2 aromatic carbocycles. The van der Waals surface area contributed by atoms with Gasteiger partial charge in [-0.1, -0.05) is 24.3 Å². The maximum atomic E-state index is 12.8. The van der Waals surface area contributed by atoms with E-state index in [9.17, 15) is 30.0 Å². The molecule has 28 heavy (non-hydrogen) atoms. The first-order valence-electron chi connectivity index (χ1n) is 8.72. The van der Waals surface area contributed by atoms with E-state index in [0.717, 1.165) is 0 Å². The highest BCUT2D eigenvalue weighted by Gasteiger charge is 2.44. The van der Waals surface area contributed by atoms with Crippen LogP contribution in [0.25, 0.3) is 0 Å². The van der Waals surface area contributed by atoms with Crippen LogP contribution in [0.4, 0.5) is 0 Å². The molecular formula is C20H18O8. The molecule has 4 rings (SSSR count). The molecule has 8 heteroatoms. The van der Waals surface area contributed by atoms with Gasteiger partial charge in [0.15, 0.2) is 11.6 Å². The summed E-state index contributed by atoms with van der Waals surface area (Å²) in [7, 11) is 0. The van der Waals surface area contributed by atoms with E-state index in [2.05, 4.69) is 0 Å². The number of carbonyl (C=O) groups excluding carboxylic acids is 2. The lowest BCUT2D eigenvalue weighted by Gasteiger charge is -2.39. The van der Waals surface area contributed by atoms with E-state index < -0.39 is 37.3 Å². The summed E-state index contributed by atoms with van der Waals surface area (Å²) in [6.07, 6.45) is -7.15. The van der Waals surface area contributed by atoms with Crippen molar-refractivity contribution < 1.29 is 39.5 Å². The average Bonchev–Trinajstić information content (AvgIpc) is 2.72. The predicted octanol–water partition coefficient (Wildman–Crippen LogP) is -0.359. The topological polar surface area (TPSA) is 134 Å². The minimum absolute atomic E-state index is 0.128. The molecule has 1 aliphatic heterocycles. The molecule has 1 heterocycles. The molecule has 2 aromatic rings. The third-order valence-electron chi connectivity index (χ3n) is 5.00. The second-order valence-corrected chi connectivity index (χ2v) is 6.73. The first kappa shape index (κ1) is 18.7. The van der Waals surface area contributed by atoms with Gasteiger partial charge in [-0.05, 0) is 18.2 Å². The largest absolute Gasteiger partial charge is 0.462 e. The maximum Gasteiger partial charge on any atom is 0.229 e. The maximum absolute atomic E-state index is 12.8. The Morgan fingerprint density at radius 1 is 0.821 bits per heavy atom. The summed E-state index contributed by atoms with van der Waals surface area (Å²) in [5.74, 6) is -0.474. The van der Waals surface area contributed by atoms with Gasteiger partial charge in [-0.2, -0.15) is 0 Å². The van der Waals surface area contributed by atoms with Gasteiger partial charge >= 0.3 is 0 Å². The van der Waals surface area contributed by atoms with Gasteiger partial charge in [0.05, 0.1) is 6.61 Å². The average molecular weight is 386 g/mol. The number of ether oxygens (including phenoxy) is 2. The minimum atomic E-state index is -1.58. The van der Waals surface area contributed by atoms with Gasteiger partial charge in [-0.25, -0.2) is 0 Å². The highest BCUT2D eigenvalue weighted by molar-refractivity contribution is 6.28. The Labute approximate surface area is 159 Å². The van der Waals surface area contributed by atoms with Gasteiger partial charge in [-0.3, -0.25) is 9.59 Å². The number of rotatable bonds is 3. The second-order valence-electron chi connectivity index (χ2n) is 6.73. The van der Waals surface area contributed by atoms with Crippen LogP contribution >= 0.6 is 0 Å². The zero-order chi connectivity index (χ0) is 20.0. The monoisotopic (exact) mass is 386 g/mol. The summed E-state index contributed by atoms with van der Waals surface area (Å²) in [6.45, 7) is -0.585. The van der Waals surface area contributed by atoms with Crippen molar-refractivity contribution in [2.75, 3.05) is 6.61 Å². The van der Waals surface area contributed by atoms with E-state index in [0.29, 0.717) is 11.1 Å². The Morgan fingerprint density at radius 2 is 1.43 bits per heavy atom. The molecule has 0 radical (unpaired) electrons. The smallest absolute Gasteiger partial charge is 0.229 e. The number of ketones is 2. The molecule has 2 aliphatic rings. The highest BCUT2D eigenvalue weighted by atomic mass is 16.7. The van der Waals surface area contributed by atoms with E-state index in [1.165, 1.54) is 18.2 Å².